The predicted molar refractivity (Wildman–Crippen MR) is 81.7 cm³/mol. The molecule has 1 aromatic carbocycles. The summed E-state index contributed by atoms with van der Waals surface area (Å²) in [4.78, 5) is 11.4. The number of carbonyl (C=O) groups excluding carboxylic acids is 1. The fourth-order valence-electron chi connectivity index (χ4n) is 1.83. The number of fused-ring (bicyclic) bond motifs is 1. The number of hydrogen-bond acceptors (Lipinski definition) is 3. The molecule has 0 spiro atoms. The van der Waals surface area contributed by atoms with Gasteiger partial charge < -0.3 is 10.1 Å². The molecular formula is C14H16BrN3O2. The van der Waals surface area contributed by atoms with Crippen LogP contribution in [-0.2, 0) is 11.8 Å². The molecule has 0 saturated heterocycles. The van der Waals surface area contributed by atoms with Crippen LogP contribution in [0.3, 0.4) is 0 Å². The van der Waals surface area contributed by atoms with Gasteiger partial charge in [-0.2, -0.15) is 0 Å². The molecule has 0 aliphatic carbocycles. The number of ether oxygens (including phenoxy) is 1. The first-order chi connectivity index (χ1) is 9.61. The summed E-state index contributed by atoms with van der Waals surface area (Å²) in [6.45, 7) is 4.31. The van der Waals surface area contributed by atoms with Crippen molar-refractivity contribution in [3.63, 3.8) is 0 Å². The molecule has 0 saturated carbocycles. The predicted octanol–water partition coefficient (Wildman–Crippen LogP) is 2.41. The molecule has 2 rings (SSSR count). The summed E-state index contributed by atoms with van der Waals surface area (Å²) in [6, 6.07) is 5.88. The van der Waals surface area contributed by atoms with Crippen molar-refractivity contribution in [1.82, 2.24) is 15.1 Å². The van der Waals surface area contributed by atoms with Crippen molar-refractivity contribution in [3.05, 3.63) is 35.3 Å². The molecule has 2 aromatic rings. The van der Waals surface area contributed by atoms with Crippen molar-refractivity contribution in [1.29, 1.82) is 0 Å². The van der Waals surface area contributed by atoms with Crippen LogP contribution >= 0.6 is 15.9 Å². The zero-order chi connectivity index (χ0) is 14.5. The number of carbonyl (C=O) groups is 1. The van der Waals surface area contributed by atoms with E-state index in [1.807, 2.05) is 25.2 Å². The first-order valence-electron chi connectivity index (χ1n) is 6.24. The van der Waals surface area contributed by atoms with Crippen molar-refractivity contribution in [3.8, 4) is 5.88 Å². The van der Waals surface area contributed by atoms with E-state index in [2.05, 4.69) is 32.9 Å². The average molecular weight is 338 g/mol. The molecule has 1 heterocycles. The van der Waals surface area contributed by atoms with E-state index >= 15 is 0 Å². The SMILES string of the molecule is C=CCNC(=O)CCOc1nn(C)c2ccc(Br)cc12. The second-order valence-electron chi connectivity index (χ2n) is 4.28. The van der Waals surface area contributed by atoms with Crippen molar-refractivity contribution in [2.75, 3.05) is 13.2 Å². The van der Waals surface area contributed by atoms with Crippen LogP contribution in [0.5, 0.6) is 5.88 Å². The number of rotatable bonds is 6. The van der Waals surface area contributed by atoms with Crippen LogP contribution in [0.25, 0.3) is 10.9 Å². The van der Waals surface area contributed by atoms with Gasteiger partial charge in [-0.1, -0.05) is 22.0 Å². The molecule has 0 bridgehead atoms. The third-order valence-electron chi connectivity index (χ3n) is 2.79. The molecule has 0 atom stereocenters. The monoisotopic (exact) mass is 337 g/mol. The van der Waals surface area contributed by atoms with Gasteiger partial charge in [0.05, 0.1) is 23.9 Å². The summed E-state index contributed by atoms with van der Waals surface area (Å²) in [6.07, 6.45) is 1.93. The molecule has 106 valence electrons. The Bertz CT molecular complexity index is 637. The maximum absolute atomic E-state index is 11.4. The largest absolute Gasteiger partial charge is 0.476 e. The Hall–Kier alpha value is -1.82. The van der Waals surface area contributed by atoms with Gasteiger partial charge in [-0.05, 0) is 18.2 Å². The molecule has 0 radical (unpaired) electrons. The van der Waals surface area contributed by atoms with Gasteiger partial charge >= 0.3 is 0 Å². The number of aryl methyl sites for hydroxylation is 1. The van der Waals surface area contributed by atoms with Crippen LogP contribution in [0.2, 0.25) is 0 Å². The average Bonchev–Trinajstić information content (AvgIpc) is 2.73. The number of benzene rings is 1. The Kier molecular flexibility index (Phi) is 4.79. The first-order valence-corrected chi connectivity index (χ1v) is 7.03. The summed E-state index contributed by atoms with van der Waals surface area (Å²) >= 11 is 3.43. The van der Waals surface area contributed by atoms with Gasteiger partial charge in [-0.3, -0.25) is 9.48 Å². The highest BCUT2D eigenvalue weighted by Crippen LogP contribution is 2.27. The highest BCUT2D eigenvalue weighted by molar-refractivity contribution is 9.10. The molecule has 0 unspecified atom stereocenters. The van der Waals surface area contributed by atoms with Crippen molar-refractivity contribution in [2.24, 2.45) is 7.05 Å². The molecule has 6 heteroatoms. The van der Waals surface area contributed by atoms with E-state index in [4.69, 9.17) is 4.74 Å². The van der Waals surface area contributed by atoms with Crippen LogP contribution in [-0.4, -0.2) is 28.8 Å². The topological polar surface area (TPSA) is 56.1 Å². The van der Waals surface area contributed by atoms with Gasteiger partial charge in [0.25, 0.3) is 0 Å². The van der Waals surface area contributed by atoms with Crippen LogP contribution in [0.4, 0.5) is 0 Å². The number of amides is 1. The number of halogens is 1. The third kappa shape index (κ3) is 3.39. The third-order valence-corrected chi connectivity index (χ3v) is 3.28. The maximum Gasteiger partial charge on any atom is 0.240 e. The first kappa shape index (κ1) is 14.6. The molecule has 0 aliphatic rings. The highest BCUT2D eigenvalue weighted by Gasteiger charge is 2.10. The summed E-state index contributed by atoms with van der Waals surface area (Å²) in [5, 5.41) is 7.94. The van der Waals surface area contributed by atoms with Gasteiger partial charge in [0.15, 0.2) is 0 Å². The number of aromatic nitrogens is 2. The van der Waals surface area contributed by atoms with E-state index in [1.54, 1.807) is 10.8 Å². The van der Waals surface area contributed by atoms with Gasteiger partial charge in [0.2, 0.25) is 11.8 Å². The number of nitrogens with zero attached hydrogens (tertiary/aromatic N) is 2. The molecule has 0 aliphatic heterocycles. The van der Waals surface area contributed by atoms with Crippen LogP contribution in [0, 0.1) is 0 Å². The van der Waals surface area contributed by atoms with Crippen molar-refractivity contribution < 1.29 is 9.53 Å². The summed E-state index contributed by atoms with van der Waals surface area (Å²) in [5.74, 6) is 0.478. The van der Waals surface area contributed by atoms with E-state index in [9.17, 15) is 4.79 Å². The van der Waals surface area contributed by atoms with Crippen LogP contribution in [0.15, 0.2) is 35.3 Å². The molecule has 0 fully saturated rings. The summed E-state index contributed by atoms with van der Waals surface area (Å²) < 4.78 is 8.33. The quantitative estimate of drug-likeness (QED) is 0.823. The molecular weight excluding hydrogens is 322 g/mol. The summed E-state index contributed by atoms with van der Waals surface area (Å²) in [5.41, 5.74) is 0.985. The Morgan fingerprint density at radius 3 is 3.15 bits per heavy atom. The lowest BCUT2D eigenvalue weighted by molar-refractivity contribution is -0.121. The number of hydrogen-bond donors (Lipinski definition) is 1. The second kappa shape index (κ2) is 6.56. The standard InChI is InChI=1S/C14H16BrN3O2/c1-3-7-16-13(19)6-8-20-14-11-9-10(15)4-5-12(11)18(2)17-14/h3-5,9H,1,6-8H2,2H3,(H,16,19). The Labute approximate surface area is 125 Å². The zero-order valence-corrected chi connectivity index (χ0v) is 12.8. The Morgan fingerprint density at radius 1 is 1.60 bits per heavy atom. The second-order valence-corrected chi connectivity index (χ2v) is 5.20. The minimum Gasteiger partial charge on any atom is -0.476 e. The van der Waals surface area contributed by atoms with E-state index in [1.165, 1.54) is 0 Å². The minimum absolute atomic E-state index is 0.0636. The Balaban J connectivity index is 2.01. The molecule has 20 heavy (non-hydrogen) atoms. The summed E-state index contributed by atoms with van der Waals surface area (Å²) in [7, 11) is 1.86. The molecule has 5 nitrogen and oxygen atoms in total. The van der Waals surface area contributed by atoms with E-state index in [-0.39, 0.29) is 5.91 Å². The highest BCUT2D eigenvalue weighted by atomic mass is 79.9. The normalized spacial score (nSPS) is 10.5. The molecule has 1 aromatic heterocycles. The zero-order valence-electron chi connectivity index (χ0n) is 11.2. The van der Waals surface area contributed by atoms with Crippen LogP contribution in [0.1, 0.15) is 6.42 Å². The lowest BCUT2D eigenvalue weighted by atomic mass is 10.2. The van der Waals surface area contributed by atoms with E-state index in [0.29, 0.717) is 25.5 Å². The van der Waals surface area contributed by atoms with Gasteiger partial charge in [-0.15, -0.1) is 11.7 Å². The van der Waals surface area contributed by atoms with Gasteiger partial charge in [0.1, 0.15) is 0 Å². The van der Waals surface area contributed by atoms with Crippen LogP contribution < -0.4 is 10.1 Å². The lowest BCUT2D eigenvalue weighted by Crippen LogP contribution is -2.24. The minimum atomic E-state index is -0.0636. The fraction of sp³-hybridized carbons (Fsp3) is 0.286. The Morgan fingerprint density at radius 2 is 2.40 bits per heavy atom. The molecule has 1 N–H and O–H groups in total. The fourth-order valence-corrected chi connectivity index (χ4v) is 2.19. The molecule has 1 amide bonds. The number of nitrogens with one attached hydrogen (secondary N) is 1. The maximum atomic E-state index is 11.4. The van der Waals surface area contributed by atoms with E-state index < -0.39 is 0 Å². The van der Waals surface area contributed by atoms with E-state index in [0.717, 1.165) is 15.4 Å². The van der Waals surface area contributed by atoms with Crippen molar-refractivity contribution >= 4 is 32.7 Å². The van der Waals surface area contributed by atoms with Crippen molar-refractivity contribution in [2.45, 2.75) is 6.42 Å². The smallest absolute Gasteiger partial charge is 0.240 e. The van der Waals surface area contributed by atoms with Gasteiger partial charge in [-0.25, -0.2) is 0 Å². The van der Waals surface area contributed by atoms with Gasteiger partial charge in [0, 0.05) is 18.1 Å². The lowest BCUT2D eigenvalue weighted by Gasteiger charge is -2.04.